The number of benzene rings is 2. The van der Waals surface area contributed by atoms with E-state index in [0.717, 1.165) is 25.9 Å². The first-order valence-corrected chi connectivity index (χ1v) is 9.67. The molecule has 2 aliphatic rings. The number of ether oxygens (including phenoxy) is 1. The number of rotatable bonds is 4. The fraction of sp³-hybridized carbons (Fsp3) is 0.478. The largest absolute Gasteiger partial charge is 0.508 e. The molecule has 1 heterocycles. The Hall–Kier alpha value is -1.84. The van der Waals surface area contributed by atoms with Crippen molar-refractivity contribution in [1.82, 2.24) is 4.90 Å². The molecule has 0 saturated carbocycles. The fourth-order valence-corrected chi connectivity index (χ4v) is 5.12. The van der Waals surface area contributed by atoms with Crippen LogP contribution in [0, 0.1) is 5.92 Å². The summed E-state index contributed by atoms with van der Waals surface area (Å²) in [5.41, 5.74) is 4.14. The second kappa shape index (κ2) is 6.71. The molecule has 0 spiro atoms. The van der Waals surface area contributed by atoms with Gasteiger partial charge in [0.25, 0.3) is 0 Å². The van der Waals surface area contributed by atoms with Crippen LogP contribution in [0.1, 0.15) is 43.1 Å². The highest BCUT2D eigenvalue weighted by molar-refractivity contribution is 5.44. The first kappa shape index (κ1) is 17.6. The molecule has 0 aromatic heterocycles. The molecule has 0 radical (unpaired) electrons. The molecule has 3 nitrogen and oxygen atoms in total. The van der Waals surface area contributed by atoms with Gasteiger partial charge in [-0.1, -0.05) is 50.2 Å². The number of nitrogens with zero attached hydrogens (tertiary/aromatic N) is 1. The normalized spacial score (nSPS) is 29.2. The van der Waals surface area contributed by atoms with Gasteiger partial charge in [-0.3, -0.25) is 4.90 Å². The van der Waals surface area contributed by atoms with Crippen molar-refractivity contribution >= 4 is 0 Å². The Kier molecular flexibility index (Phi) is 4.54. The summed E-state index contributed by atoms with van der Waals surface area (Å²) in [6, 6.07) is 17.0. The van der Waals surface area contributed by atoms with E-state index < -0.39 is 0 Å². The second-order valence-electron chi connectivity index (χ2n) is 8.20. The van der Waals surface area contributed by atoms with E-state index in [4.69, 9.17) is 4.74 Å². The molecular formula is C23H29NO2. The molecule has 1 saturated heterocycles. The number of hydrogen-bond donors (Lipinski definition) is 1. The monoisotopic (exact) mass is 351 g/mol. The van der Waals surface area contributed by atoms with Crippen LogP contribution in [0.15, 0.2) is 48.5 Å². The second-order valence-corrected chi connectivity index (χ2v) is 8.20. The van der Waals surface area contributed by atoms with Crippen LogP contribution in [0.3, 0.4) is 0 Å². The topological polar surface area (TPSA) is 32.7 Å². The van der Waals surface area contributed by atoms with Gasteiger partial charge >= 0.3 is 0 Å². The van der Waals surface area contributed by atoms with E-state index in [1.807, 2.05) is 19.2 Å². The van der Waals surface area contributed by atoms with Crippen molar-refractivity contribution in [3.8, 4) is 5.75 Å². The summed E-state index contributed by atoms with van der Waals surface area (Å²) in [6.07, 6.45) is 2.28. The van der Waals surface area contributed by atoms with Gasteiger partial charge < -0.3 is 9.84 Å². The molecule has 2 bridgehead atoms. The zero-order valence-corrected chi connectivity index (χ0v) is 16.0. The molecule has 4 atom stereocenters. The third-order valence-corrected chi connectivity index (χ3v) is 6.96. The number of piperidine rings is 1. The quantitative estimate of drug-likeness (QED) is 0.891. The first-order chi connectivity index (χ1) is 12.5. The highest BCUT2D eigenvalue weighted by atomic mass is 16.5. The van der Waals surface area contributed by atoms with E-state index in [0.29, 0.717) is 17.7 Å². The maximum atomic E-state index is 9.99. The fourth-order valence-electron chi connectivity index (χ4n) is 5.12. The van der Waals surface area contributed by atoms with Crippen molar-refractivity contribution in [1.29, 1.82) is 0 Å². The lowest BCUT2D eigenvalue weighted by Crippen LogP contribution is -2.58. The van der Waals surface area contributed by atoms with Crippen LogP contribution >= 0.6 is 0 Å². The van der Waals surface area contributed by atoms with Gasteiger partial charge in [0.15, 0.2) is 0 Å². The van der Waals surface area contributed by atoms with E-state index >= 15 is 0 Å². The maximum Gasteiger partial charge on any atom is 0.115 e. The number of methoxy groups -OCH3 is 1. The molecule has 3 heteroatoms. The number of likely N-dealkylation sites (tertiary alicyclic amines) is 1. The van der Waals surface area contributed by atoms with Gasteiger partial charge in [0.1, 0.15) is 5.75 Å². The minimum Gasteiger partial charge on any atom is -0.508 e. The summed E-state index contributed by atoms with van der Waals surface area (Å²) in [5, 5.41) is 9.99. The third-order valence-electron chi connectivity index (χ3n) is 6.96. The Morgan fingerprint density at radius 3 is 2.73 bits per heavy atom. The summed E-state index contributed by atoms with van der Waals surface area (Å²) in [4.78, 5) is 2.63. The summed E-state index contributed by atoms with van der Waals surface area (Å²) < 4.78 is 5.85. The van der Waals surface area contributed by atoms with Crippen LogP contribution in [0.4, 0.5) is 0 Å². The Morgan fingerprint density at radius 1 is 1.23 bits per heavy atom. The highest BCUT2D eigenvalue weighted by Gasteiger charge is 2.48. The lowest BCUT2D eigenvalue weighted by molar-refractivity contribution is -0.0123. The van der Waals surface area contributed by atoms with Crippen LogP contribution in [0.5, 0.6) is 5.75 Å². The zero-order chi connectivity index (χ0) is 18.3. The Morgan fingerprint density at radius 2 is 2.00 bits per heavy atom. The minimum absolute atomic E-state index is 0.106. The molecule has 4 rings (SSSR count). The van der Waals surface area contributed by atoms with Gasteiger partial charge in [-0.05, 0) is 59.5 Å². The molecule has 138 valence electrons. The Bertz CT molecular complexity index is 775. The maximum absolute atomic E-state index is 9.99. The summed E-state index contributed by atoms with van der Waals surface area (Å²) >= 11 is 0. The van der Waals surface area contributed by atoms with Crippen molar-refractivity contribution in [2.45, 2.75) is 44.2 Å². The molecule has 2 aromatic carbocycles. The van der Waals surface area contributed by atoms with Gasteiger partial charge in [-0.2, -0.15) is 0 Å². The predicted molar refractivity (Wildman–Crippen MR) is 104 cm³/mol. The van der Waals surface area contributed by atoms with Gasteiger partial charge in [0, 0.05) is 19.7 Å². The van der Waals surface area contributed by atoms with Crippen LogP contribution in [0.2, 0.25) is 0 Å². The van der Waals surface area contributed by atoms with Crippen molar-refractivity contribution in [3.05, 3.63) is 65.2 Å². The Balaban J connectivity index is 1.61. The molecule has 1 aliphatic carbocycles. The van der Waals surface area contributed by atoms with Gasteiger partial charge in [0.2, 0.25) is 0 Å². The average Bonchev–Trinajstić information content (AvgIpc) is 2.65. The van der Waals surface area contributed by atoms with Crippen LogP contribution in [-0.2, 0) is 16.6 Å². The Labute approximate surface area is 156 Å². The number of phenols is 1. The SMILES string of the molecule is COC(CN1CC[C@@]2(C)c3cc(O)ccc3C[C@H]1[C@@H]2C)c1ccccc1. The lowest BCUT2D eigenvalue weighted by Gasteiger charge is -2.55. The van der Waals surface area contributed by atoms with Gasteiger partial charge in [0.05, 0.1) is 6.10 Å². The van der Waals surface area contributed by atoms with Crippen molar-refractivity contribution in [3.63, 3.8) is 0 Å². The summed E-state index contributed by atoms with van der Waals surface area (Å²) in [5.74, 6) is 0.945. The van der Waals surface area contributed by atoms with Crippen molar-refractivity contribution in [2.24, 2.45) is 5.92 Å². The molecule has 1 N–H and O–H groups in total. The van der Waals surface area contributed by atoms with Crippen LogP contribution in [-0.4, -0.2) is 36.2 Å². The number of fused-ring (bicyclic) bond motifs is 4. The average molecular weight is 351 g/mol. The van der Waals surface area contributed by atoms with E-state index in [-0.39, 0.29) is 11.5 Å². The highest BCUT2D eigenvalue weighted by Crippen LogP contribution is 2.49. The molecule has 0 amide bonds. The standard InChI is InChI=1S/C23H29NO2/c1-16-21-13-18-9-10-19(25)14-20(18)23(16,2)11-12-24(21)15-22(26-3)17-7-5-4-6-8-17/h4-10,14,16,21-22,25H,11-13,15H2,1-3H3/t16-,21-,22?,23+/m0/s1. The van der Waals surface area contributed by atoms with E-state index in [2.05, 4.69) is 55.1 Å². The number of aromatic hydroxyl groups is 1. The van der Waals surface area contributed by atoms with Crippen molar-refractivity contribution in [2.75, 3.05) is 20.2 Å². The zero-order valence-electron chi connectivity index (χ0n) is 16.0. The van der Waals surface area contributed by atoms with Crippen LogP contribution < -0.4 is 0 Å². The molecule has 1 unspecified atom stereocenters. The molecule has 26 heavy (non-hydrogen) atoms. The number of phenolic OH excluding ortho intramolecular Hbond substituents is 1. The molecule has 1 fully saturated rings. The summed E-state index contributed by atoms with van der Waals surface area (Å²) in [6.45, 7) is 6.77. The van der Waals surface area contributed by atoms with E-state index in [1.54, 1.807) is 0 Å². The van der Waals surface area contributed by atoms with Crippen LogP contribution in [0.25, 0.3) is 0 Å². The molecular weight excluding hydrogens is 322 g/mol. The van der Waals surface area contributed by atoms with E-state index in [1.165, 1.54) is 16.7 Å². The number of hydrogen-bond acceptors (Lipinski definition) is 3. The predicted octanol–water partition coefficient (Wildman–Crippen LogP) is 4.30. The smallest absolute Gasteiger partial charge is 0.115 e. The van der Waals surface area contributed by atoms with Crippen molar-refractivity contribution < 1.29 is 9.84 Å². The van der Waals surface area contributed by atoms with Gasteiger partial charge in [-0.25, -0.2) is 0 Å². The first-order valence-electron chi connectivity index (χ1n) is 9.67. The lowest BCUT2D eigenvalue weighted by atomic mass is 9.59. The minimum atomic E-state index is 0.106. The summed E-state index contributed by atoms with van der Waals surface area (Å²) in [7, 11) is 1.81. The third kappa shape index (κ3) is 2.83. The molecule has 2 aromatic rings. The van der Waals surface area contributed by atoms with Gasteiger partial charge in [-0.15, -0.1) is 0 Å². The molecule has 1 aliphatic heterocycles. The van der Waals surface area contributed by atoms with E-state index in [9.17, 15) is 5.11 Å².